The fraction of sp³-hybridized carbons (Fsp3) is 0.923. The number of amides is 1. The van der Waals surface area contributed by atoms with Crippen molar-refractivity contribution >= 4 is 5.91 Å². The molecule has 1 heterocycles. The van der Waals surface area contributed by atoms with Crippen LogP contribution in [0.25, 0.3) is 0 Å². The zero-order chi connectivity index (χ0) is 11.6. The third-order valence-corrected chi connectivity index (χ3v) is 4.36. The number of carbonyl (C=O) groups is 1. The Morgan fingerprint density at radius 3 is 2.69 bits per heavy atom. The quantitative estimate of drug-likeness (QED) is 0.774. The number of nitrogens with one attached hydrogen (secondary N) is 1. The van der Waals surface area contributed by atoms with E-state index in [1.54, 1.807) is 0 Å². The summed E-state index contributed by atoms with van der Waals surface area (Å²) in [5.41, 5.74) is 0.236. The molecule has 1 aliphatic heterocycles. The standard InChI is InChI=1S/C13H24N2O/c1-3-9-14-11-6-10-15(12(11)16)13(4-2)7-5-8-13/h11,14H,3-10H2,1-2H3. The lowest BCUT2D eigenvalue weighted by Gasteiger charge is -2.48. The molecule has 0 aromatic heterocycles. The summed E-state index contributed by atoms with van der Waals surface area (Å²) in [4.78, 5) is 14.4. The van der Waals surface area contributed by atoms with E-state index in [2.05, 4.69) is 24.1 Å². The van der Waals surface area contributed by atoms with Crippen LogP contribution >= 0.6 is 0 Å². The van der Waals surface area contributed by atoms with Gasteiger partial charge in [-0.25, -0.2) is 0 Å². The average molecular weight is 224 g/mol. The van der Waals surface area contributed by atoms with Gasteiger partial charge in [0.05, 0.1) is 6.04 Å². The first-order valence-electron chi connectivity index (χ1n) is 6.78. The van der Waals surface area contributed by atoms with Gasteiger partial charge in [0.15, 0.2) is 0 Å². The highest BCUT2D eigenvalue weighted by atomic mass is 16.2. The maximum Gasteiger partial charge on any atom is 0.240 e. The van der Waals surface area contributed by atoms with Gasteiger partial charge < -0.3 is 10.2 Å². The van der Waals surface area contributed by atoms with Crippen LogP contribution < -0.4 is 5.32 Å². The smallest absolute Gasteiger partial charge is 0.240 e. The minimum Gasteiger partial charge on any atom is -0.336 e. The second kappa shape index (κ2) is 4.74. The molecule has 1 atom stereocenters. The Kier molecular flexibility index (Phi) is 3.53. The van der Waals surface area contributed by atoms with Crippen LogP contribution in [0.2, 0.25) is 0 Å². The fourth-order valence-corrected chi connectivity index (χ4v) is 3.06. The Balaban J connectivity index is 1.96. The van der Waals surface area contributed by atoms with Gasteiger partial charge in [-0.3, -0.25) is 4.79 Å². The molecule has 1 amide bonds. The van der Waals surface area contributed by atoms with Crippen molar-refractivity contribution in [3.8, 4) is 0 Å². The Hall–Kier alpha value is -0.570. The molecule has 2 fully saturated rings. The van der Waals surface area contributed by atoms with Crippen molar-refractivity contribution in [2.24, 2.45) is 0 Å². The molecule has 0 bridgehead atoms. The Labute approximate surface area is 98.6 Å². The minimum absolute atomic E-state index is 0.101. The third-order valence-electron chi connectivity index (χ3n) is 4.36. The zero-order valence-corrected chi connectivity index (χ0v) is 10.6. The molecule has 0 aromatic carbocycles. The van der Waals surface area contributed by atoms with Crippen LogP contribution in [0.15, 0.2) is 0 Å². The molecule has 1 saturated carbocycles. The molecule has 1 aliphatic carbocycles. The summed E-state index contributed by atoms with van der Waals surface area (Å²) in [6.07, 6.45) is 6.96. The first kappa shape index (κ1) is 11.9. The summed E-state index contributed by atoms with van der Waals surface area (Å²) in [6.45, 7) is 6.29. The van der Waals surface area contributed by atoms with Crippen molar-refractivity contribution in [1.82, 2.24) is 10.2 Å². The molecule has 16 heavy (non-hydrogen) atoms. The van der Waals surface area contributed by atoms with Gasteiger partial charge in [0, 0.05) is 12.1 Å². The van der Waals surface area contributed by atoms with E-state index >= 15 is 0 Å². The molecule has 0 radical (unpaired) electrons. The normalized spacial score (nSPS) is 28.2. The number of hydrogen-bond acceptors (Lipinski definition) is 2. The number of rotatable bonds is 5. The highest BCUT2D eigenvalue weighted by Gasteiger charge is 2.47. The summed E-state index contributed by atoms with van der Waals surface area (Å²) < 4.78 is 0. The van der Waals surface area contributed by atoms with Gasteiger partial charge >= 0.3 is 0 Å². The second-order valence-electron chi connectivity index (χ2n) is 5.22. The van der Waals surface area contributed by atoms with E-state index in [0.717, 1.165) is 32.4 Å². The number of hydrogen-bond donors (Lipinski definition) is 1. The number of nitrogens with zero attached hydrogens (tertiary/aromatic N) is 1. The number of likely N-dealkylation sites (tertiary alicyclic amines) is 1. The van der Waals surface area contributed by atoms with Crippen molar-refractivity contribution in [3.63, 3.8) is 0 Å². The van der Waals surface area contributed by atoms with Crippen LogP contribution in [0.1, 0.15) is 52.4 Å². The Morgan fingerprint density at radius 1 is 1.44 bits per heavy atom. The van der Waals surface area contributed by atoms with Crippen LogP contribution in [0.5, 0.6) is 0 Å². The lowest BCUT2D eigenvalue weighted by atomic mass is 9.73. The molecule has 1 N–H and O–H groups in total. The summed E-state index contributed by atoms with van der Waals surface area (Å²) in [5, 5.41) is 3.36. The largest absolute Gasteiger partial charge is 0.336 e. The average Bonchev–Trinajstić information content (AvgIpc) is 2.58. The van der Waals surface area contributed by atoms with E-state index in [4.69, 9.17) is 0 Å². The van der Waals surface area contributed by atoms with Gasteiger partial charge in [0.2, 0.25) is 5.91 Å². The molecule has 2 aliphatic rings. The topological polar surface area (TPSA) is 32.3 Å². The van der Waals surface area contributed by atoms with Gasteiger partial charge in [0.1, 0.15) is 0 Å². The summed E-state index contributed by atoms with van der Waals surface area (Å²) >= 11 is 0. The molecule has 0 aromatic rings. The highest BCUT2D eigenvalue weighted by molar-refractivity contribution is 5.84. The van der Waals surface area contributed by atoms with E-state index < -0.39 is 0 Å². The molecule has 0 spiro atoms. The van der Waals surface area contributed by atoms with Gasteiger partial charge in [-0.1, -0.05) is 13.8 Å². The maximum absolute atomic E-state index is 12.3. The molecule has 3 nitrogen and oxygen atoms in total. The molecule has 92 valence electrons. The third kappa shape index (κ3) is 1.86. The van der Waals surface area contributed by atoms with Crippen molar-refractivity contribution in [2.75, 3.05) is 13.1 Å². The summed E-state index contributed by atoms with van der Waals surface area (Å²) in [7, 11) is 0. The highest BCUT2D eigenvalue weighted by Crippen LogP contribution is 2.42. The van der Waals surface area contributed by atoms with Crippen molar-refractivity contribution in [3.05, 3.63) is 0 Å². The molecule has 3 heteroatoms. The lowest BCUT2D eigenvalue weighted by Crippen LogP contribution is -2.55. The van der Waals surface area contributed by atoms with Gasteiger partial charge in [-0.05, 0) is 45.1 Å². The van der Waals surface area contributed by atoms with E-state index in [1.807, 2.05) is 0 Å². The fourth-order valence-electron chi connectivity index (χ4n) is 3.06. The summed E-state index contributed by atoms with van der Waals surface area (Å²) in [6, 6.07) is 0.101. The van der Waals surface area contributed by atoms with Crippen LogP contribution in [-0.4, -0.2) is 35.5 Å². The van der Waals surface area contributed by atoms with Gasteiger partial charge in [-0.15, -0.1) is 0 Å². The van der Waals surface area contributed by atoms with E-state index in [0.29, 0.717) is 5.91 Å². The zero-order valence-electron chi connectivity index (χ0n) is 10.6. The predicted molar refractivity (Wildman–Crippen MR) is 65.3 cm³/mol. The number of carbonyl (C=O) groups excluding carboxylic acids is 1. The SMILES string of the molecule is CCCNC1CCN(C2(CC)CCC2)C1=O. The second-order valence-corrected chi connectivity index (χ2v) is 5.22. The molecule has 2 rings (SSSR count). The lowest BCUT2D eigenvalue weighted by molar-refractivity contribution is -0.138. The molecular weight excluding hydrogens is 200 g/mol. The van der Waals surface area contributed by atoms with Crippen molar-refractivity contribution in [2.45, 2.75) is 64.0 Å². The molecule has 1 saturated heterocycles. The minimum atomic E-state index is 0.101. The van der Waals surface area contributed by atoms with Crippen LogP contribution in [0.4, 0.5) is 0 Å². The first-order valence-corrected chi connectivity index (χ1v) is 6.78. The van der Waals surface area contributed by atoms with E-state index in [-0.39, 0.29) is 11.6 Å². The van der Waals surface area contributed by atoms with E-state index in [1.165, 1.54) is 19.3 Å². The molecule has 1 unspecified atom stereocenters. The monoisotopic (exact) mass is 224 g/mol. The Bertz CT molecular complexity index is 255. The maximum atomic E-state index is 12.3. The first-order chi connectivity index (χ1) is 7.73. The Morgan fingerprint density at radius 2 is 2.19 bits per heavy atom. The van der Waals surface area contributed by atoms with E-state index in [9.17, 15) is 4.79 Å². The van der Waals surface area contributed by atoms with Crippen molar-refractivity contribution < 1.29 is 4.79 Å². The molecular formula is C13H24N2O. The van der Waals surface area contributed by atoms with Gasteiger partial charge in [-0.2, -0.15) is 0 Å². The summed E-state index contributed by atoms with van der Waals surface area (Å²) in [5.74, 6) is 0.356. The van der Waals surface area contributed by atoms with Gasteiger partial charge in [0.25, 0.3) is 0 Å². The predicted octanol–water partition coefficient (Wildman–Crippen LogP) is 1.92. The van der Waals surface area contributed by atoms with Crippen LogP contribution in [0.3, 0.4) is 0 Å². The van der Waals surface area contributed by atoms with Crippen LogP contribution in [0, 0.1) is 0 Å². The van der Waals surface area contributed by atoms with Crippen LogP contribution in [-0.2, 0) is 4.79 Å². The van der Waals surface area contributed by atoms with Crippen molar-refractivity contribution in [1.29, 1.82) is 0 Å².